The number of nitrogens with one attached hydrogen (secondary N) is 1. The van der Waals surface area contributed by atoms with E-state index < -0.39 is 27.2 Å². The molecule has 0 spiro atoms. The number of furan rings is 1. The maximum absolute atomic E-state index is 12.1. The molecule has 0 aliphatic heterocycles. The van der Waals surface area contributed by atoms with E-state index in [-0.39, 0.29) is 27.1 Å². The third-order valence-electron chi connectivity index (χ3n) is 3.58. The fourth-order valence-corrected chi connectivity index (χ4v) is 2.76. The smallest absolute Gasteiger partial charge is 0.312 e. The minimum Gasteiger partial charge on any atom is -0.501 e. The van der Waals surface area contributed by atoms with E-state index in [0.29, 0.717) is 5.39 Å². The van der Waals surface area contributed by atoms with Gasteiger partial charge in [0.15, 0.2) is 5.76 Å². The van der Waals surface area contributed by atoms with Crippen LogP contribution in [0.5, 0.6) is 5.75 Å². The van der Waals surface area contributed by atoms with Crippen molar-refractivity contribution < 1.29 is 24.2 Å². The van der Waals surface area contributed by atoms with Gasteiger partial charge in [-0.3, -0.25) is 25.0 Å². The van der Waals surface area contributed by atoms with Gasteiger partial charge in [-0.15, -0.1) is 0 Å². The summed E-state index contributed by atoms with van der Waals surface area (Å²) in [6.07, 6.45) is 1.14. The van der Waals surface area contributed by atoms with E-state index >= 15 is 0 Å². The van der Waals surface area contributed by atoms with Gasteiger partial charge in [0.05, 0.1) is 20.5 Å². The van der Waals surface area contributed by atoms with Crippen molar-refractivity contribution in [2.75, 3.05) is 0 Å². The number of phenolic OH excluding ortho intramolecular Hbond substituents is 1. The van der Waals surface area contributed by atoms with Crippen LogP contribution in [0.4, 0.5) is 11.4 Å². The molecular formula is C16H9BrN4O7. The number of benzene rings is 2. The van der Waals surface area contributed by atoms with E-state index in [9.17, 15) is 30.1 Å². The number of nitrogens with zero attached hydrogens (tertiary/aromatic N) is 3. The molecule has 0 aliphatic carbocycles. The highest BCUT2D eigenvalue weighted by molar-refractivity contribution is 9.10. The van der Waals surface area contributed by atoms with Gasteiger partial charge < -0.3 is 9.52 Å². The molecule has 0 aliphatic rings. The van der Waals surface area contributed by atoms with E-state index in [1.54, 1.807) is 0 Å². The lowest BCUT2D eigenvalue weighted by molar-refractivity contribution is -0.386. The van der Waals surface area contributed by atoms with Crippen LogP contribution in [0, 0.1) is 20.2 Å². The molecule has 0 saturated carbocycles. The molecule has 11 nitrogen and oxygen atoms in total. The lowest BCUT2D eigenvalue weighted by atomic mass is 10.2. The number of amides is 1. The van der Waals surface area contributed by atoms with E-state index in [1.165, 1.54) is 30.3 Å². The van der Waals surface area contributed by atoms with Gasteiger partial charge in [0.1, 0.15) is 5.58 Å². The first kappa shape index (κ1) is 19.0. The highest BCUT2D eigenvalue weighted by atomic mass is 79.9. The van der Waals surface area contributed by atoms with Crippen LogP contribution in [0.2, 0.25) is 0 Å². The predicted octanol–water partition coefficient (Wildman–Crippen LogP) is 3.48. The van der Waals surface area contributed by atoms with Gasteiger partial charge in [-0.05, 0) is 34.1 Å². The monoisotopic (exact) mass is 448 g/mol. The third-order valence-corrected chi connectivity index (χ3v) is 4.18. The Bertz CT molecular complexity index is 1160. The normalized spacial score (nSPS) is 11.0. The lowest BCUT2D eigenvalue weighted by Crippen LogP contribution is -2.16. The van der Waals surface area contributed by atoms with Crippen molar-refractivity contribution >= 4 is 50.4 Å². The van der Waals surface area contributed by atoms with Gasteiger partial charge in [0, 0.05) is 29.1 Å². The van der Waals surface area contributed by atoms with Gasteiger partial charge in [0.2, 0.25) is 5.75 Å². The standard InChI is InChI=1S/C16H9BrN4O7/c17-11-3-8(4-12(15(11)22)21(26)27)7-18-19-16(23)14-6-9-5-10(20(24)25)1-2-13(9)28-14/h1-7,22H,(H,19,23)/b18-7+. The maximum Gasteiger partial charge on any atom is 0.312 e. The topological polar surface area (TPSA) is 161 Å². The van der Waals surface area contributed by atoms with Crippen LogP contribution in [0.15, 0.2) is 50.4 Å². The van der Waals surface area contributed by atoms with Crippen molar-refractivity contribution in [3.8, 4) is 5.75 Å². The van der Waals surface area contributed by atoms with Crippen LogP contribution < -0.4 is 5.43 Å². The molecule has 28 heavy (non-hydrogen) atoms. The summed E-state index contributed by atoms with van der Waals surface area (Å²) in [7, 11) is 0. The average molecular weight is 449 g/mol. The highest BCUT2D eigenvalue weighted by Gasteiger charge is 2.18. The lowest BCUT2D eigenvalue weighted by Gasteiger charge is -2.01. The van der Waals surface area contributed by atoms with Gasteiger partial charge >= 0.3 is 11.6 Å². The molecule has 0 unspecified atom stereocenters. The zero-order valence-corrected chi connectivity index (χ0v) is 15.2. The van der Waals surface area contributed by atoms with Crippen molar-refractivity contribution in [2.45, 2.75) is 0 Å². The molecule has 0 fully saturated rings. The molecule has 0 atom stereocenters. The van der Waals surface area contributed by atoms with Crippen molar-refractivity contribution in [1.29, 1.82) is 0 Å². The molecule has 0 saturated heterocycles. The van der Waals surface area contributed by atoms with Gasteiger partial charge in [0.25, 0.3) is 5.69 Å². The molecule has 2 aromatic carbocycles. The Balaban J connectivity index is 1.78. The Morgan fingerprint density at radius 2 is 1.93 bits per heavy atom. The summed E-state index contributed by atoms with van der Waals surface area (Å²) < 4.78 is 5.41. The molecule has 1 aromatic heterocycles. The molecule has 1 heterocycles. The van der Waals surface area contributed by atoms with Crippen LogP contribution in [0.1, 0.15) is 16.1 Å². The first-order valence-electron chi connectivity index (χ1n) is 7.44. The molecular weight excluding hydrogens is 440 g/mol. The van der Waals surface area contributed by atoms with Gasteiger partial charge in [-0.25, -0.2) is 5.43 Å². The summed E-state index contributed by atoms with van der Waals surface area (Å²) in [5, 5.41) is 35.4. The number of aromatic hydroxyl groups is 1. The predicted molar refractivity (Wildman–Crippen MR) is 100 cm³/mol. The number of halogens is 1. The van der Waals surface area contributed by atoms with Crippen LogP contribution in [-0.4, -0.2) is 27.1 Å². The molecule has 0 radical (unpaired) electrons. The first-order valence-corrected chi connectivity index (χ1v) is 8.24. The maximum atomic E-state index is 12.1. The van der Waals surface area contributed by atoms with Crippen LogP contribution in [0.3, 0.4) is 0 Å². The zero-order valence-electron chi connectivity index (χ0n) is 13.7. The minimum atomic E-state index is -0.760. The zero-order chi connectivity index (χ0) is 20.4. The second-order valence-electron chi connectivity index (χ2n) is 5.42. The Kier molecular flexibility index (Phi) is 5.04. The Morgan fingerprint density at radius 3 is 2.61 bits per heavy atom. The Hall–Kier alpha value is -3.80. The fourth-order valence-electron chi connectivity index (χ4n) is 2.30. The number of carbonyl (C=O) groups is 1. The molecule has 3 rings (SSSR count). The average Bonchev–Trinajstić information content (AvgIpc) is 3.07. The van der Waals surface area contributed by atoms with Crippen molar-refractivity contribution in [3.63, 3.8) is 0 Å². The number of carbonyl (C=O) groups excluding carboxylic acids is 1. The number of nitro groups is 2. The van der Waals surface area contributed by atoms with E-state index in [2.05, 4.69) is 26.5 Å². The molecule has 12 heteroatoms. The van der Waals surface area contributed by atoms with Crippen LogP contribution >= 0.6 is 15.9 Å². The molecule has 3 aromatic rings. The van der Waals surface area contributed by atoms with Crippen LogP contribution in [0.25, 0.3) is 11.0 Å². The number of non-ortho nitro benzene ring substituents is 1. The number of rotatable bonds is 5. The number of fused-ring (bicyclic) bond motifs is 1. The SMILES string of the molecule is O=C(N/N=C/c1cc(Br)c(O)c([N+](=O)[O-])c1)c1cc2cc([N+](=O)[O-])ccc2o1. The van der Waals surface area contributed by atoms with E-state index in [1.807, 2.05) is 0 Å². The molecule has 2 N–H and O–H groups in total. The molecule has 0 bridgehead atoms. The van der Waals surface area contributed by atoms with Crippen molar-refractivity contribution in [2.24, 2.45) is 5.10 Å². The van der Waals surface area contributed by atoms with Gasteiger partial charge in [-0.1, -0.05) is 0 Å². The summed E-state index contributed by atoms with van der Waals surface area (Å²) >= 11 is 2.99. The number of nitro benzene ring substituents is 2. The second-order valence-corrected chi connectivity index (χ2v) is 6.27. The number of hydrogen-bond donors (Lipinski definition) is 2. The van der Waals surface area contributed by atoms with E-state index in [0.717, 1.165) is 12.3 Å². The largest absolute Gasteiger partial charge is 0.501 e. The summed E-state index contributed by atoms with van der Waals surface area (Å²) in [4.78, 5) is 32.5. The molecule has 1 amide bonds. The van der Waals surface area contributed by atoms with Crippen LogP contribution in [-0.2, 0) is 0 Å². The van der Waals surface area contributed by atoms with Crippen molar-refractivity contribution in [3.05, 3.63) is 72.4 Å². The van der Waals surface area contributed by atoms with Crippen molar-refractivity contribution in [1.82, 2.24) is 5.43 Å². The quantitative estimate of drug-likeness (QED) is 0.342. The van der Waals surface area contributed by atoms with Gasteiger partial charge in [-0.2, -0.15) is 5.10 Å². The summed E-state index contributed by atoms with van der Waals surface area (Å²) in [5.74, 6) is -1.37. The second kappa shape index (κ2) is 7.44. The molecule has 142 valence electrons. The summed E-state index contributed by atoms with van der Waals surface area (Å²) in [6, 6.07) is 7.68. The first-order chi connectivity index (χ1) is 13.3. The Labute approximate surface area is 163 Å². The highest BCUT2D eigenvalue weighted by Crippen LogP contribution is 2.34. The number of phenols is 1. The minimum absolute atomic E-state index is 0.0911. The van der Waals surface area contributed by atoms with E-state index in [4.69, 9.17) is 4.42 Å². The number of hydrogen-bond acceptors (Lipinski definition) is 8. The summed E-state index contributed by atoms with van der Waals surface area (Å²) in [5.41, 5.74) is 2.05. The number of hydrazone groups is 1. The fraction of sp³-hybridized carbons (Fsp3) is 0. The third kappa shape index (κ3) is 3.81. The summed E-state index contributed by atoms with van der Waals surface area (Å²) in [6.45, 7) is 0. The Morgan fingerprint density at radius 1 is 1.18 bits per heavy atom.